The number of carbonyl (C=O) groups excluding carboxylic acids is 1. The second-order valence-electron chi connectivity index (χ2n) is 3.81. The molecule has 18 heavy (non-hydrogen) atoms. The first-order valence-electron chi connectivity index (χ1n) is 5.54. The predicted octanol–water partition coefficient (Wildman–Crippen LogP) is 1.92. The van der Waals surface area contributed by atoms with Gasteiger partial charge in [-0.1, -0.05) is 30.3 Å². The Balaban J connectivity index is 2.00. The monoisotopic (exact) mass is 246 g/mol. The average Bonchev–Trinajstić information content (AvgIpc) is 2.68. The number of esters is 1. The van der Waals surface area contributed by atoms with Crippen LogP contribution in [0.15, 0.2) is 36.4 Å². The summed E-state index contributed by atoms with van der Waals surface area (Å²) in [5.41, 5.74) is 1.05. The fourth-order valence-electron chi connectivity index (χ4n) is 1.47. The minimum Gasteiger partial charge on any atom is -0.472 e. The fourth-order valence-corrected chi connectivity index (χ4v) is 1.47. The summed E-state index contributed by atoms with van der Waals surface area (Å²) < 4.78 is 11.9. The van der Waals surface area contributed by atoms with Crippen LogP contribution in [0.4, 0.5) is 0 Å². The van der Waals surface area contributed by atoms with E-state index < -0.39 is 0 Å². The number of aryl methyl sites for hydroxylation is 1. The van der Waals surface area contributed by atoms with Gasteiger partial charge in [-0.05, 0) is 5.56 Å². The molecular formula is C13H14N2O3. The molecular weight excluding hydrogens is 232 g/mol. The van der Waals surface area contributed by atoms with E-state index in [9.17, 15) is 4.79 Å². The molecule has 94 valence electrons. The van der Waals surface area contributed by atoms with Crippen molar-refractivity contribution in [2.75, 3.05) is 0 Å². The maximum absolute atomic E-state index is 10.8. The Morgan fingerprint density at radius 3 is 2.72 bits per heavy atom. The van der Waals surface area contributed by atoms with Gasteiger partial charge >= 0.3 is 5.97 Å². The Hall–Kier alpha value is -2.30. The highest BCUT2D eigenvalue weighted by atomic mass is 16.5. The summed E-state index contributed by atoms with van der Waals surface area (Å²) >= 11 is 0. The number of nitrogens with zero attached hydrogens (tertiary/aromatic N) is 2. The molecule has 5 nitrogen and oxygen atoms in total. The molecule has 0 radical (unpaired) electrons. The van der Waals surface area contributed by atoms with Gasteiger partial charge in [0.15, 0.2) is 0 Å². The van der Waals surface area contributed by atoms with Crippen molar-refractivity contribution in [3.8, 4) is 11.8 Å². The quantitative estimate of drug-likeness (QED) is 0.773. The molecule has 0 aliphatic rings. The Labute approximate surface area is 105 Å². The van der Waals surface area contributed by atoms with Gasteiger partial charge in [-0.3, -0.25) is 4.79 Å². The fraction of sp³-hybridized carbons (Fsp3) is 0.231. The molecule has 5 heteroatoms. The largest absolute Gasteiger partial charge is 0.472 e. The van der Waals surface area contributed by atoms with Crippen LogP contribution in [0, 0.1) is 0 Å². The first-order valence-corrected chi connectivity index (χ1v) is 5.54. The molecule has 0 unspecified atom stereocenters. The van der Waals surface area contributed by atoms with Crippen molar-refractivity contribution in [2.24, 2.45) is 7.05 Å². The average molecular weight is 246 g/mol. The molecule has 0 aliphatic carbocycles. The van der Waals surface area contributed by atoms with Crippen molar-refractivity contribution >= 4 is 5.97 Å². The van der Waals surface area contributed by atoms with E-state index in [0.717, 1.165) is 5.56 Å². The van der Waals surface area contributed by atoms with E-state index in [4.69, 9.17) is 9.47 Å². The molecule has 2 aromatic rings. The van der Waals surface area contributed by atoms with Gasteiger partial charge in [-0.2, -0.15) is 0 Å². The summed E-state index contributed by atoms with van der Waals surface area (Å²) in [5.74, 6) is 0.413. The highest BCUT2D eigenvalue weighted by Crippen LogP contribution is 2.19. The van der Waals surface area contributed by atoms with Crippen LogP contribution in [0.3, 0.4) is 0 Å². The van der Waals surface area contributed by atoms with Gasteiger partial charge in [-0.25, -0.2) is 4.68 Å². The molecule has 0 saturated heterocycles. The van der Waals surface area contributed by atoms with Crippen LogP contribution >= 0.6 is 0 Å². The second-order valence-corrected chi connectivity index (χ2v) is 3.81. The number of aromatic nitrogens is 2. The van der Waals surface area contributed by atoms with Crippen LogP contribution in [-0.4, -0.2) is 15.7 Å². The summed E-state index contributed by atoms with van der Waals surface area (Å²) in [4.78, 5) is 10.8. The lowest BCUT2D eigenvalue weighted by Crippen LogP contribution is -2.05. The third-order valence-electron chi connectivity index (χ3n) is 2.29. The van der Waals surface area contributed by atoms with E-state index in [1.807, 2.05) is 30.3 Å². The molecule has 2 rings (SSSR count). The van der Waals surface area contributed by atoms with E-state index in [2.05, 4.69) is 5.10 Å². The minimum absolute atomic E-state index is 0.366. The molecule has 0 fully saturated rings. The Morgan fingerprint density at radius 2 is 2.06 bits per heavy atom. The summed E-state index contributed by atoms with van der Waals surface area (Å²) in [6.07, 6.45) is 0. The van der Waals surface area contributed by atoms with Crippen molar-refractivity contribution in [3.05, 3.63) is 42.0 Å². The predicted molar refractivity (Wildman–Crippen MR) is 65.3 cm³/mol. The van der Waals surface area contributed by atoms with Gasteiger partial charge in [0, 0.05) is 14.0 Å². The lowest BCUT2D eigenvalue weighted by atomic mass is 10.2. The Bertz CT molecular complexity index is 534. The van der Waals surface area contributed by atoms with Crippen molar-refractivity contribution in [3.63, 3.8) is 0 Å². The molecule has 0 bridgehead atoms. The van der Waals surface area contributed by atoms with Crippen LogP contribution in [0.25, 0.3) is 0 Å². The molecule has 0 amide bonds. The molecule has 1 heterocycles. The first-order chi connectivity index (χ1) is 8.65. The van der Waals surface area contributed by atoms with Crippen molar-refractivity contribution in [1.29, 1.82) is 0 Å². The second kappa shape index (κ2) is 5.35. The van der Waals surface area contributed by atoms with Crippen LogP contribution < -0.4 is 9.47 Å². The molecule has 0 saturated carbocycles. The number of rotatable bonds is 4. The number of carbonyl (C=O) groups is 1. The third kappa shape index (κ3) is 3.10. The smallest absolute Gasteiger partial charge is 0.309 e. The number of benzene rings is 1. The number of hydrogen-bond donors (Lipinski definition) is 0. The van der Waals surface area contributed by atoms with Gasteiger partial charge in [0.2, 0.25) is 11.8 Å². The van der Waals surface area contributed by atoms with E-state index >= 15 is 0 Å². The van der Waals surface area contributed by atoms with E-state index in [1.54, 1.807) is 13.1 Å². The zero-order valence-electron chi connectivity index (χ0n) is 10.3. The maximum Gasteiger partial charge on any atom is 0.309 e. The highest BCUT2D eigenvalue weighted by molar-refractivity contribution is 5.68. The summed E-state index contributed by atoms with van der Waals surface area (Å²) in [6.45, 7) is 1.77. The molecule has 0 spiro atoms. The van der Waals surface area contributed by atoms with Crippen molar-refractivity contribution in [2.45, 2.75) is 13.5 Å². The molecule has 0 atom stereocenters. The summed E-state index contributed by atoms with van der Waals surface area (Å²) in [5, 5.41) is 4.10. The van der Waals surface area contributed by atoms with Gasteiger partial charge in [0.25, 0.3) is 0 Å². The molecule has 1 aromatic carbocycles. The topological polar surface area (TPSA) is 53.4 Å². The number of hydrogen-bond acceptors (Lipinski definition) is 4. The first kappa shape index (κ1) is 12.2. The van der Waals surface area contributed by atoms with Crippen LogP contribution in [0.1, 0.15) is 12.5 Å². The minimum atomic E-state index is -0.382. The van der Waals surface area contributed by atoms with Crippen molar-refractivity contribution in [1.82, 2.24) is 9.78 Å². The lowest BCUT2D eigenvalue weighted by Gasteiger charge is -2.01. The maximum atomic E-state index is 10.8. The lowest BCUT2D eigenvalue weighted by molar-refractivity contribution is -0.132. The molecule has 0 aliphatic heterocycles. The standard InChI is InChI=1S/C13H14N2O3/c1-10(16)18-13-8-12(14-15(13)2)17-9-11-6-4-3-5-7-11/h3-8H,9H2,1-2H3. The van der Waals surface area contributed by atoms with Gasteiger partial charge < -0.3 is 9.47 Å². The van der Waals surface area contributed by atoms with Crippen LogP contribution in [0.2, 0.25) is 0 Å². The van der Waals surface area contributed by atoms with Crippen molar-refractivity contribution < 1.29 is 14.3 Å². The number of ether oxygens (including phenoxy) is 2. The Kier molecular flexibility index (Phi) is 3.62. The van der Waals surface area contributed by atoms with E-state index in [1.165, 1.54) is 11.6 Å². The molecule has 0 N–H and O–H groups in total. The molecule has 1 aromatic heterocycles. The third-order valence-corrected chi connectivity index (χ3v) is 2.29. The zero-order chi connectivity index (χ0) is 13.0. The van der Waals surface area contributed by atoms with Crippen LogP contribution in [0.5, 0.6) is 11.8 Å². The van der Waals surface area contributed by atoms with Gasteiger partial charge in [-0.15, -0.1) is 5.10 Å². The summed E-state index contributed by atoms with van der Waals surface area (Å²) in [6, 6.07) is 11.4. The Morgan fingerprint density at radius 1 is 1.33 bits per heavy atom. The summed E-state index contributed by atoms with van der Waals surface area (Å²) in [7, 11) is 1.69. The SMILES string of the molecule is CC(=O)Oc1cc(OCc2ccccc2)nn1C. The van der Waals surface area contributed by atoms with Gasteiger partial charge in [0.1, 0.15) is 6.61 Å². The van der Waals surface area contributed by atoms with Gasteiger partial charge in [0.05, 0.1) is 6.07 Å². The highest BCUT2D eigenvalue weighted by Gasteiger charge is 2.09. The van der Waals surface area contributed by atoms with E-state index in [0.29, 0.717) is 18.4 Å². The normalized spacial score (nSPS) is 10.1. The zero-order valence-corrected chi connectivity index (χ0v) is 10.3. The van der Waals surface area contributed by atoms with Crippen LogP contribution in [-0.2, 0) is 18.4 Å². The van der Waals surface area contributed by atoms with E-state index in [-0.39, 0.29) is 5.97 Å².